The number of hydrogen-bond acceptors (Lipinski definition) is 4. The van der Waals surface area contributed by atoms with Crippen LogP contribution in [0.2, 0.25) is 0 Å². The Morgan fingerprint density at radius 2 is 2.16 bits per heavy atom. The Bertz CT molecular complexity index is 474. The minimum atomic E-state index is -0.142. The van der Waals surface area contributed by atoms with Crippen LogP contribution in [0.3, 0.4) is 0 Å². The molecule has 0 fully saturated rings. The van der Waals surface area contributed by atoms with Gasteiger partial charge in [-0.3, -0.25) is 4.79 Å². The van der Waals surface area contributed by atoms with E-state index in [-0.39, 0.29) is 17.8 Å². The Kier molecular flexibility index (Phi) is 5.32. The lowest BCUT2D eigenvalue weighted by molar-refractivity contribution is 0.0633. The number of methoxy groups -OCH3 is 1. The lowest BCUT2D eigenvalue weighted by atomic mass is 10.1. The summed E-state index contributed by atoms with van der Waals surface area (Å²) in [5.74, 6) is -0.167. The number of benzene rings is 1. The number of likely N-dealkylation sites (N-methyl/N-ethyl adjacent to an activating group) is 1. The highest BCUT2D eigenvalue weighted by Gasteiger charge is 2.17. The van der Waals surface area contributed by atoms with E-state index < -0.39 is 0 Å². The zero-order valence-electron chi connectivity index (χ0n) is 11.3. The zero-order valence-corrected chi connectivity index (χ0v) is 11.3. The molecule has 3 N–H and O–H groups in total. The highest BCUT2D eigenvalue weighted by Crippen LogP contribution is 2.10. The SMILES string of the molecule is COCC(C)N(C)C(=O)c1cccc(/C(N)=N/O)c1. The fraction of sp³-hybridized carbons (Fsp3) is 0.385. The van der Waals surface area contributed by atoms with Crippen molar-refractivity contribution in [2.24, 2.45) is 10.9 Å². The van der Waals surface area contributed by atoms with Gasteiger partial charge in [0.1, 0.15) is 0 Å². The third-order valence-corrected chi connectivity index (χ3v) is 2.90. The number of carbonyl (C=O) groups is 1. The summed E-state index contributed by atoms with van der Waals surface area (Å²) < 4.78 is 5.02. The minimum absolute atomic E-state index is 0.0257. The first kappa shape index (κ1) is 15.0. The quantitative estimate of drug-likeness (QED) is 0.358. The average Bonchev–Trinajstić information content (AvgIpc) is 2.45. The van der Waals surface area contributed by atoms with E-state index in [1.807, 2.05) is 6.92 Å². The summed E-state index contributed by atoms with van der Waals surface area (Å²) in [4.78, 5) is 13.8. The van der Waals surface area contributed by atoms with E-state index in [9.17, 15) is 4.79 Å². The van der Waals surface area contributed by atoms with E-state index in [1.165, 1.54) is 0 Å². The number of nitrogens with zero attached hydrogens (tertiary/aromatic N) is 2. The van der Waals surface area contributed by atoms with Gasteiger partial charge in [-0.05, 0) is 19.1 Å². The number of rotatable bonds is 5. The fourth-order valence-electron chi connectivity index (χ4n) is 1.63. The van der Waals surface area contributed by atoms with Crippen molar-refractivity contribution in [1.29, 1.82) is 0 Å². The molecule has 0 spiro atoms. The summed E-state index contributed by atoms with van der Waals surface area (Å²) in [5.41, 5.74) is 6.48. The average molecular weight is 265 g/mol. The molecule has 0 radical (unpaired) electrons. The molecule has 0 saturated carbocycles. The molecular formula is C13H19N3O3. The molecule has 1 atom stereocenters. The standard InChI is InChI=1S/C13H19N3O3/c1-9(8-19-3)16(2)13(17)11-6-4-5-10(7-11)12(14)15-18/h4-7,9,18H,8H2,1-3H3,(H2,14,15). The number of carbonyl (C=O) groups excluding carboxylic acids is 1. The molecule has 1 unspecified atom stereocenters. The maximum absolute atomic E-state index is 12.3. The molecule has 0 saturated heterocycles. The Morgan fingerprint density at radius 1 is 1.53 bits per heavy atom. The summed E-state index contributed by atoms with van der Waals surface area (Å²) in [5, 5.41) is 11.6. The van der Waals surface area contributed by atoms with Crippen LogP contribution in [0.15, 0.2) is 29.4 Å². The predicted molar refractivity (Wildman–Crippen MR) is 72.4 cm³/mol. The van der Waals surface area contributed by atoms with E-state index in [0.717, 1.165) is 0 Å². The van der Waals surface area contributed by atoms with Gasteiger partial charge in [-0.1, -0.05) is 17.3 Å². The van der Waals surface area contributed by atoms with Crippen LogP contribution in [0, 0.1) is 0 Å². The van der Waals surface area contributed by atoms with Crippen molar-refractivity contribution in [3.05, 3.63) is 35.4 Å². The first-order chi connectivity index (χ1) is 9.01. The number of ether oxygens (including phenoxy) is 1. The second-order valence-corrected chi connectivity index (χ2v) is 4.29. The van der Waals surface area contributed by atoms with Crippen molar-refractivity contribution in [1.82, 2.24) is 4.90 Å². The molecule has 0 aromatic heterocycles. The topological polar surface area (TPSA) is 88.2 Å². The molecule has 0 aliphatic carbocycles. The first-order valence-corrected chi connectivity index (χ1v) is 5.85. The van der Waals surface area contributed by atoms with E-state index in [2.05, 4.69) is 5.16 Å². The smallest absolute Gasteiger partial charge is 0.253 e. The van der Waals surface area contributed by atoms with Gasteiger partial charge in [0.15, 0.2) is 5.84 Å². The fourth-order valence-corrected chi connectivity index (χ4v) is 1.63. The number of oxime groups is 1. The molecule has 0 aliphatic rings. The molecule has 6 nitrogen and oxygen atoms in total. The third kappa shape index (κ3) is 3.69. The van der Waals surface area contributed by atoms with Crippen LogP contribution in [0.1, 0.15) is 22.8 Å². The molecule has 0 bridgehead atoms. The maximum Gasteiger partial charge on any atom is 0.253 e. The summed E-state index contributed by atoms with van der Waals surface area (Å²) in [6, 6.07) is 6.60. The number of nitrogens with two attached hydrogens (primary N) is 1. The van der Waals surface area contributed by atoms with Crippen molar-refractivity contribution in [3.8, 4) is 0 Å². The highest BCUT2D eigenvalue weighted by molar-refractivity contribution is 6.01. The van der Waals surface area contributed by atoms with Gasteiger partial charge in [-0.2, -0.15) is 0 Å². The highest BCUT2D eigenvalue weighted by atomic mass is 16.5. The Balaban J connectivity index is 2.94. The predicted octanol–water partition coefficient (Wildman–Crippen LogP) is 0.888. The van der Waals surface area contributed by atoms with E-state index in [0.29, 0.717) is 17.7 Å². The number of amidine groups is 1. The number of hydrogen-bond donors (Lipinski definition) is 2. The molecule has 6 heteroatoms. The van der Waals surface area contributed by atoms with E-state index in [1.54, 1.807) is 43.3 Å². The van der Waals surface area contributed by atoms with Gasteiger partial charge in [0.2, 0.25) is 0 Å². The largest absolute Gasteiger partial charge is 0.409 e. The zero-order chi connectivity index (χ0) is 14.4. The molecule has 19 heavy (non-hydrogen) atoms. The van der Waals surface area contributed by atoms with Crippen molar-refractivity contribution in [2.45, 2.75) is 13.0 Å². The van der Waals surface area contributed by atoms with Gasteiger partial charge in [0.05, 0.1) is 12.6 Å². The van der Waals surface area contributed by atoms with Gasteiger partial charge in [-0.25, -0.2) is 0 Å². The van der Waals surface area contributed by atoms with E-state index in [4.69, 9.17) is 15.7 Å². The van der Waals surface area contributed by atoms with Crippen molar-refractivity contribution in [3.63, 3.8) is 0 Å². The molecule has 1 aromatic rings. The van der Waals surface area contributed by atoms with Crippen molar-refractivity contribution >= 4 is 11.7 Å². The summed E-state index contributed by atoms with van der Waals surface area (Å²) >= 11 is 0. The Hall–Kier alpha value is -2.08. The van der Waals surface area contributed by atoms with Gasteiger partial charge in [-0.15, -0.1) is 0 Å². The van der Waals surface area contributed by atoms with Crippen LogP contribution in [0.4, 0.5) is 0 Å². The van der Waals surface area contributed by atoms with Crippen molar-refractivity contribution in [2.75, 3.05) is 20.8 Å². The monoisotopic (exact) mass is 265 g/mol. The van der Waals surface area contributed by atoms with Crippen LogP contribution < -0.4 is 5.73 Å². The van der Waals surface area contributed by atoms with E-state index >= 15 is 0 Å². The van der Waals surface area contributed by atoms with Gasteiger partial charge >= 0.3 is 0 Å². The lowest BCUT2D eigenvalue weighted by Crippen LogP contribution is -2.37. The molecule has 1 amide bonds. The lowest BCUT2D eigenvalue weighted by Gasteiger charge is -2.24. The summed E-state index contributed by atoms with van der Waals surface area (Å²) in [6.07, 6.45) is 0. The van der Waals surface area contributed by atoms with Crippen LogP contribution in [-0.4, -0.2) is 48.7 Å². The van der Waals surface area contributed by atoms with Gasteiger partial charge in [0, 0.05) is 25.3 Å². The molecule has 104 valence electrons. The van der Waals surface area contributed by atoms with Gasteiger partial charge in [0.25, 0.3) is 5.91 Å². The Morgan fingerprint density at radius 3 is 2.74 bits per heavy atom. The van der Waals surface area contributed by atoms with Crippen LogP contribution in [0.5, 0.6) is 0 Å². The van der Waals surface area contributed by atoms with Crippen LogP contribution in [0.25, 0.3) is 0 Å². The third-order valence-electron chi connectivity index (χ3n) is 2.90. The van der Waals surface area contributed by atoms with Gasteiger partial charge < -0.3 is 20.6 Å². The summed E-state index contributed by atoms with van der Waals surface area (Å²) in [6.45, 7) is 2.36. The van der Waals surface area contributed by atoms with Crippen molar-refractivity contribution < 1.29 is 14.7 Å². The minimum Gasteiger partial charge on any atom is -0.409 e. The molecule has 0 aliphatic heterocycles. The molecule has 1 aromatic carbocycles. The molecule has 1 rings (SSSR count). The number of amides is 1. The molecular weight excluding hydrogens is 246 g/mol. The molecule has 0 heterocycles. The second kappa shape index (κ2) is 6.75. The van der Waals surface area contributed by atoms with Crippen LogP contribution >= 0.6 is 0 Å². The first-order valence-electron chi connectivity index (χ1n) is 5.85. The maximum atomic E-state index is 12.3. The summed E-state index contributed by atoms with van der Waals surface area (Å²) in [7, 11) is 3.30. The van der Waals surface area contributed by atoms with Crippen LogP contribution in [-0.2, 0) is 4.74 Å². The normalized spacial score (nSPS) is 13.1. The Labute approximate surface area is 112 Å². The second-order valence-electron chi connectivity index (χ2n) is 4.29.